The highest BCUT2D eigenvalue weighted by Gasteiger charge is 2.23. The van der Waals surface area contributed by atoms with Crippen LogP contribution in [0.4, 0.5) is 0 Å². The summed E-state index contributed by atoms with van der Waals surface area (Å²) in [7, 11) is 0. The molecule has 0 saturated heterocycles. The number of hydrogen-bond donors (Lipinski definition) is 1. The number of hydrogen-bond acceptors (Lipinski definition) is 5. The molecular formula is C24H27N3O3S. The first-order valence-electron chi connectivity index (χ1n) is 10.7. The molecule has 1 N–H and O–H groups in total. The SMILES string of the molecule is CCOCCCn1c(SCC(=O)NC2CCc3ccccc32)nc2ccccc2c1=O. The Morgan fingerprint density at radius 2 is 2.03 bits per heavy atom. The number of carbonyl (C=O) groups excluding carboxylic acids is 1. The number of aromatic nitrogens is 2. The number of amides is 1. The maximum Gasteiger partial charge on any atom is 0.262 e. The summed E-state index contributed by atoms with van der Waals surface area (Å²) in [5, 5.41) is 4.31. The normalized spacial score (nSPS) is 15.2. The third-order valence-corrected chi connectivity index (χ3v) is 6.48. The first-order valence-corrected chi connectivity index (χ1v) is 11.7. The molecule has 7 heteroatoms. The summed E-state index contributed by atoms with van der Waals surface area (Å²) in [5.41, 5.74) is 3.09. The van der Waals surface area contributed by atoms with Gasteiger partial charge in [-0.15, -0.1) is 0 Å². The molecule has 0 spiro atoms. The fourth-order valence-corrected chi connectivity index (χ4v) is 4.83. The van der Waals surface area contributed by atoms with Crippen LogP contribution < -0.4 is 10.9 Å². The molecule has 1 aliphatic rings. The third-order valence-electron chi connectivity index (χ3n) is 5.50. The van der Waals surface area contributed by atoms with Crippen molar-refractivity contribution in [3.63, 3.8) is 0 Å². The molecule has 3 aromatic rings. The lowest BCUT2D eigenvalue weighted by Crippen LogP contribution is -2.29. The predicted octanol–water partition coefficient (Wildman–Crippen LogP) is 3.72. The molecule has 6 nitrogen and oxygen atoms in total. The Bertz CT molecular complexity index is 1130. The molecule has 1 unspecified atom stereocenters. The Morgan fingerprint density at radius 3 is 2.90 bits per heavy atom. The number of thioether (sulfide) groups is 1. The molecule has 2 aromatic carbocycles. The molecule has 0 bridgehead atoms. The highest BCUT2D eigenvalue weighted by Crippen LogP contribution is 2.30. The van der Waals surface area contributed by atoms with Gasteiger partial charge in [0.05, 0.1) is 22.7 Å². The van der Waals surface area contributed by atoms with Crippen LogP contribution in [0.5, 0.6) is 0 Å². The van der Waals surface area contributed by atoms with Crippen LogP contribution in [-0.4, -0.2) is 34.4 Å². The van der Waals surface area contributed by atoms with E-state index in [-0.39, 0.29) is 23.3 Å². The van der Waals surface area contributed by atoms with Gasteiger partial charge in [-0.05, 0) is 49.4 Å². The largest absolute Gasteiger partial charge is 0.382 e. The smallest absolute Gasteiger partial charge is 0.262 e. The van der Waals surface area contributed by atoms with Crippen molar-refractivity contribution >= 4 is 28.6 Å². The van der Waals surface area contributed by atoms with Gasteiger partial charge in [-0.3, -0.25) is 14.2 Å². The van der Waals surface area contributed by atoms with Crippen molar-refractivity contribution < 1.29 is 9.53 Å². The summed E-state index contributed by atoms with van der Waals surface area (Å²) >= 11 is 1.31. The number of aryl methyl sites for hydroxylation is 1. The summed E-state index contributed by atoms with van der Waals surface area (Å²) in [4.78, 5) is 30.4. The van der Waals surface area contributed by atoms with Gasteiger partial charge in [0.15, 0.2) is 5.16 Å². The second-order valence-electron chi connectivity index (χ2n) is 7.57. The van der Waals surface area contributed by atoms with Crippen LogP contribution in [0.1, 0.15) is 36.9 Å². The molecule has 1 heterocycles. The van der Waals surface area contributed by atoms with Crippen LogP contribution in [-0.2, 0) is 22.5 Å². The first kappa shape index (κ1) is 21.6. The maximum absolute atomic E-state index is 13.0. The summed E-state index contributed by atoms with van der Waals surface area (Å²) in [6.07, 6.45) is 2.62. The minimum atomic E-state index is -0.0743. The number of fused-ring (bicyclic) bond motifs is 2. The zero-order chi connectivity index (χ0) is 21.6. The van der Waals surface area contributed by atoms with Gasteiger partial charge < -0.3 is 10.1 Å². The van der Waals surface area contributed by atoms with E-state index in [1.54, 1.807) is 10.6 Å². The molecule has 0 saturated carbocycles. The van der Waals surface area contributed by atoms with Gasteiger partial charge in [0.1, 0.15) is 0 Å². The maximum atomic E-state index is 13.0. The number of nitrogens with one attached hydrogen (secondary N) is 1. The van der Waals surface area contributed by atoms with Crippen molar-refractivity contribution in [3.05, 3.63) is 70.0 Å². The van der Waals surface area contributed by atoms with Crippen molar-refractivity contribution in [3.8, 4) is 0 Å². The van der Waals surface area contributed by atoms with E-state index in [0.29, 0.717) is 42.2 Å². The molecule has 162 valence electrons. The molecule has 0 fully saturated rings. The quantitative estimate of drug-likeness (QED) is 0.314. The van der Waals surface area contributed by atoms with E-state index in [0.717, 1.165) is 12.8 Å². The topological polar surface area (TPSA) is 73.2 Å². The van der Waals surface area contributed by atoms with Gasteiger partial charge in [-0.25, -0.2) is 4.98 Å². The van der Waals surface area contributed by atoms with Crippen LogP contribution >= 0.6 is 11.8 Å². The molecule has 1 aromatic heterocycles. The number of para-hydroxylation sites is 1. The molecule has 1 aliphatic carbocycles. The van der Waals surface area contributed by atoms with Crippen LogP contribution in [0.25, 0.3) is 10.9 Å². The van der Waals surface area contributed by atoms with Gasteiger partial charge >= 0.3 is 0 Å². The number of nitrogens with zero attached hydrogens (tertiary/aromatic N) is 2. The molecule has 0 aliphatic heterocycles. The van der Waals surface area contributed by atoms with Crippen molar-refractivity contribution in [2.75, 3.05) is 19.0 Å². The predicted molar refractivity (Wildman–Crippen MR) is 123 cm³/mol. The van der Waals surface area contributed by atoms with E-state index < -0.39 is 0 Å². The number of rotatable bonds is 9. The molecule has 31 heavy (non-hydrogen) atoms. The zero-order valence-corrected chi connectivity index (χ0v) is 18.5. The van der Waals surface area contributed by atoms with E-state index in [4.69, 9.17) is 4.74 Å². The number of carbonyl (C=O) groups is 1. The van der Waals surface area contributed by atoms with Crippen LogP contribution in [0.2, 0.25) is 0 Å². The van der Waals surface area contributed by atoms with Crippen LogP contribution in [0.15, 0.2) is 58.5 Å². The molecule has 4 rings (SSSR count). The fraction of sp³-hybridized carbons (Fsp3) is 0.375. The van der Waals surface area contributed by atoms with Gasteiger partial charge in [0, 0.05) is 19.8 Å². The molecule has 1 atom stereocenters. The van der Waals surface area contributed by atoms with Crippen molar-refractivity contribution in [1.82, 2.24) is 14.9 Å². The highest BCUT2D eigenvalue weighted by atomic mass is 32.2. The minimum absolute atomic E-state index is 0.0463. The van der Waals surface area contributed by atoms with Crippen molar-refractivity contribution in [1.29, 1.82) is 0 Å². The monoisotopic (exact) mass is 437 g/mol. The minimum Gasteiger partial charge on any atom is -0.382 e. The van der Waals surface area contributed by atoms with Gasteiger partial charge in [-0.1, -0.05) is 48.2 Å². The lowest BCUT2D eigenvalue weighted by atomic mass is 10.1. The van der Waals surface area contributed by atoms with Crippen molar-refractivity contribution in [2.45, 2.75) is 43.9 Å². The van der Waals surface area contributed by atoms with E-state index >= 15 is 0 Å². The molecule has 0 radical (unpaired) electrons. The molecule has 1 amide bonds. The summed E-state index contributed by atoms with van der Waals surface area (Å²) in [6.45, 7) is 3.70. The van der Waals surface area contributed by atoms with Gasteiger partial charge in [0.25, 0.3) is 5.56 Å². The van der Waals surface area contributed by atoms with Gasteiger partial charge in [0.2, 0.25) is 5.91 Å². The summed E-state index contributed by atoms with van der Waals surface area (Å²) in [6, 6.07) is 15.7. The summed E-state index contributed by atoms with van der Waals surface area (Å²) in [5.74, 6) is 0.171. The Balaban J connectivity index is 1.48. The Hall–Kier alpha value is -2.64. The number of benzene rings is 2. The van der Waals surface area contributed by atoms with Crippen molar-refractivity contribution in [2.24, 2.45) is 0 Å². The van der Waals surface area contributed by atoms with Crippen LogP contribution in [0.3, 0.4) is 0 Å². The van der Waals surface area contributed by atoms with E-state index in [9.17, 15) is 9.59 Å². The standard InChI is InChI=1S/C24H27N3O3S/c1-2-30-15-7-14-27-23(29)19-10-5-6-11-20(19)26-24(27)31-16-22(28)25-21-13-12-17-8-3-4-9-18(17)21/h3-6,8-11,21H,2,7,12-16H2,1H3,(H,25,28). The lowest BCUT2D eigenvalue weighted by Gasteiger charge is -2.15. The summed E-state index contributed by atoms with van der Waals surface area (Å²) < 4.78 is 7.09. The second-order valence-corrected chi connectivity index (χ2v) is 8.51. The highest BCUT2D eigenvalue weighted by molar-refractivity contribution is 7.99. The lowest BCUT2D eigenvalue weighted by molar-refractivity contribution is -0.119. The van der Waals surface area contributed by atoms with E-state index in [1.807, 2.05) is 37.3 Å². The average molecular weight is 438 g/mol. The third kappa shape index (κ3) is 4.99. The Morgan fingerprint density at radius 1 is 1.23 bits per heavy atom. The fourth-order valence-electron chi connectivity index (χ4n) is 4.00. The number of ether oxygens (including phenoxy) is 1. The van der Waals surface area contributed by atoms with Gasteiger partial charge in [-0.2, -0.15) is 0 Å². The van der Waals surface area contributed by atoms with E-state index in [2.05, 4.69) is 22.4 Å². The second kappa shape index (κ2) is 10.1. The molecular weight excluding hydrogens is 410 g/mol. The van der Waals surface area contributed by atoms with E-state index in [1.165, 1.54) is 22.9 Å². The Labute approximate surface area is 186 Å². The average Bonchev–Trinajstić information content (AvgIpc) is 3.19. The Kier molecular flexibility index (Phi) is 7.04. The van der Waals surface area contributed by atoms with Crippen LogP contribution in [0, 0.1) is 0 Å². The first-order chi connectivity index (χ1) is 15.2. The zero-order valence-electron chi connectivity index (χ0n) is 17.7.